The van der Waals surface area contributed by atoms with E-state index in [1.807, 2.05) is 6.92 Å². The van der Waals surface area contributed by atoms with Gasteiger partial charge in [0, 0.05) is 0 Å². The summed E-state index contributed by atoms with van der Waals surface area (Å²) in [6.07, 6.45) is 3.92. The summed E-state index contributed by atoms with van der Waals surface area (Å²) in [5, 5.41) is 15.0. The average Bonchev–Trinajstić information content (AvgIpc) is 2.37. The van der Waals surface area contributed by atoms with Crippen molar-refractivity contribution in [3.05, 3.63) is 0 Å². The fourth-order valence-electron chi connectivity index (χ4n) is 2.52. The van der Waals surface area contributed by atoms with Crippen LogP contribution in [-0.4, -0.2) is 35.6 Å². The molecule has 5 nitrogen and oxygen atoms in total. The molecule has 0 heterocycles. The summed E-state index contributed by atoms with van der Waals surface area (Å²) in [7, 11) is 0. The molecule has 0 atom stereocenters. The van der Waals surface area contributed by atoms with Crippen molar-refractivity contribution in [3.8, 4) is 0 Å². The molecule has 1 amide bonds. The van der Waals surface area contributed by atoms with Crippen LogP contribution in [0.15, 0.2) is 0 Å². The van der Waals surface area contributed by atoms with Gasteiger partial charge in [-0.25, -0.2) is 4.79 Å². The quantitative estimate of drug-likeness (QED) is 0.666. The van der Waals surface area contributed by atoms with Crippen molar-refractivity contribution >= 4 is 11.9 Å². The number of carboxylic acids is 1. The van der Waals surface area contributed by atoms with Gasteiger partial charge < -0.3 is 15.7 Å². The third kappa shape index (κ3) is 3.70. The minimum absolute atomic E-state index is 0.183. The van der Waals surface area contributed by atoms with Crippen LogP contribution in [0.4, 0.5) is 0 Å². The number of carbonyl (C=O) groups excluding carboxylic acids is 1. The number of carbonyl (C=O) groups is 2. The summed E-state index contributed by atoms with van der Waals surface area (Å²) < 4.78 is 0. The molecular weight excluding hydrogens is 232 g/mol. The number of carboxylic acid groups (broad SMARTS) is 1. The molecule has 3 N–H and O–H groups in total. The number of aliphatic carboxylic acids is 1. The van der Waals surface area contributed by atoms with Gasteiger partial charge in [0.25, 0.3) is 0 Å². The number of amides is 1. The van der Waals surface area contributed by atoms with E-state index in [0.29, 0.717) is 25.3 Å². The molecule has 0 radical (unpaired) electrons. The van der Waals surface area contributed by atoms with Gasteiger partial charge in [-0.3, -0.25) is 4.79 Å². The van der Waals surface area contributed by atoms with E-state index < -0.39 is 11.5 Å². The lowest BCUT2D eigenvalue weighted by atomic mass is 9.75. The van der Waals surface area contributed by atoms with Crippen LogP contribution in [-0.2, 0) is 9.59 Å². The molecule has 1 rings (SSSR count). The highest BCUT2D eigenvalue weighted by Crippen LogP contribution is 2.33. The molecule has 0 bridgehead atoms. The van der Waals surface area contributed by atoms with E-state index >= 15 is 0 Å². The minimum atomic E-state index is -1.04. The molecule has 1 aliphatic carbocycles. The predicted molar refractivity (Wildman–Crippen MR) is 69.3 cm³/mol. The molecule has 0 aromatic carbocycles. The van der Waals surface area contributed by atoms with Crippen molar-refractivity contribution < 1.29 is 14.7 Å². The van der Waals surface area contributed by atoms with Gasteiger partial charge in [-0.2, -0.15) is 0 Å². The van der Waals surface area contributed by atoms with Crippen molar-refractivity contribution in [2.45, 2.75) is 51.5 Å². The largest absolute Gasteiger partial charge is 0.480 e. The molecule has 0 aliphatic heterocycles. The Hall–Kier alpha value is -1.10. The zero-order chi connectivity index (χ0) is 13.6. The van der Waals surface area contributed by atoms with Gasteiger partial charge in [0.2, 0.25) is 5.91 Å². The van der Waals surface area contributed by atoms with Crippen LogP contribution in [0.25, 0.3) is 0 Å². The van der Waals surface area contributed by atoms with Crippen molar-refractivity contribution in [1.29, 1.82) is 0 Å². The van der Waals surface area contributed by atoms with Gasteiger partial charge in [-0.05, 0) is 38.1 Å². The Balaban J connectivity index is 2.60. The standard InChI is InChI=1S/C13H24N2O3/c1-3-10-5-7-13(8-6-10,12(17)18)15-11(16)9-14-4-2/h10,14H,3-9H2,1-2H3,(H,15,16)(H,17,18). The van der Waals surface area contributed by atoms with Crippen molar-refractivity contribution in [1.82, 2.24) is 10.6 Å². The van der Waals surface area contributed by atoms with Crippen LogP contribution in [0.1, 0.15) is 46.0 Å². The highest BCUT2D eigenvalue weighted by Gasteiger charge is 2.42. The lowest BCUT2D eigenvalue weighted by Gasteiger charge is -2.37. The lowest BCUT2D eigenvalue weighted by molar-refractivity contribution is -0.149. The van der Waals surface area contributed by atoms with Crippen LogP contribution in [0.2, 0.25) is 0 Å². The first-order valence-corrected chi connectivity index (χ1v) is 6.79. The van der Waals surface area contributed by atoms with E-state index in [9.17, 15) is 14.7 Å². The van der Waals surface area contributed by atoms with E-state index in [-0.39, 0.29) is 12.5 Å². The predicted octanol–water partition coefficient (Wildman–Crippen LogP) is 1.14. The van der Waals surface area contributed by atoms with Crippen LogP contribution in [0.5, 0.6) is 0 Å². The van der Waals surface area contributed by atoms with E-state index in [0.717, 1.165) is 19.3 Å². The first-order valence-electron chi connectivity index (χ1n) is 6.79. The van der Waals surface area contributed by atoms with E-state index in [1.165, 1.54) is 0 Å². The normalized spacial score (nSPS) is 27.8. The van der Waals surface area contributed by atoms with Crippen molar-refractivity contribution in [2.24, 2.45) is 5.92 Å². The van der Waals surface area contributed by atoms with Crippen molar-refractivity contribution in [3.63, 3.8) is 0 Å². The highest BCUT2D eigenvalue weighted by atomic mass is 16.4. The molecule has 1 aliphatic rings. The van der Waals surface area contributed by atoms with E-state index in [1.54, 1.807) is 0 Å². The summed E-state index contributed by atoms with van der Waals surface area (Å²) in [6, 6.07) is 0. The number of nitrogens with one attached hydrogen (secondary N) is 2. The Morgan fingerprint density at radius 2 is 1.89 bits per heavy atom. The minimum Gasteiger partial charge on any atom is -0.480 e. The number of rotatable bonds is 6. The van der Waals surface area contributed by atoms with Gasteiger partial charge in [0.05, 0.1) is 6.54 Å². The van der Waals surface area contributed by atoms with Crippen LogP contribution in [0.3, 0.4) is 0 Å². The third-order valence-corrected chi connectivity index (χ3v) is 3.86. The first-order chi connectivity index (χ1) is 8.54. The molecule has 0 aromatic heterocycles. The molecule has 0 aromatic rings. The van der Waals surface area contributed by atoms with Gasteiger partial charge in [0.15, 0.2) is 0 Å². The second kappa shape index (κ2) is 6.73. The molecule has 0 unspecified atom stereocenters. The lowest BCUT2D eigenvalue weighted by Crippen LogP contribution is -2.57. The molecule has 0 saturated heterocycles. The molecule has 1 fully saturated rings. The zero-order valence-corrected chi connectivity index (χ0v) is 11.3. The molecular formula is C13H24N2O3. The summed E-state index contributed by atoms with van der Waals surface area (Å²) >= 11 is 0. The van der Waals surface area contributed by atoms with Gasteiger partial charge >= 0.3 is 5.97 Å². The molecule has 1 saturated carbocycles. The average molecular weight is 256 g/mol. The molecule has 0 spiro atoms. The van der Waals surface area contributed by atoms with Crippen molar-refractivity contribution in [2.75, 3.05) is 13.1 Å². The Bertz CT molecular complexity index is 297. The maximum absolute atomic E-state index is 11.7. The SMILES string of the molecule is CCNCC(=O)NC1(C(=O)O)CCC(CC)CC1. The summed E-state index contributed by atoms with van der Waals surface area (Å²) in [4.78, 5) is 23.1. The summed E-state index contributed by atoms with van der Waals surface area (Å²) in [6.45, 7) is 4.92. The fraction of sp³-hybridized carbons (Fsp3) is 0.846. The second-order valence-electron chi connectivity index (χ2n) is 5.07. The van der Waals surface area contributed by atoms with E-state index in [2.05, 4.69) is 17.6 Å². The second-order valence-corrected chi connectivity index (χ2v) is 5.07. The van der Waals surface area contributed by atoms with Gasteiger partial charge in [0.1, 0.15) is 5.54 Å². The summed E-state index contributed by atoms with van der Waals surface area (Å²) in [5.74, 6) is -0.528. The first kappa shape index (κ1) is 15.0. The fourth-order valence-corrected chi connectivity index (χ4v) is 2.52. The maximum atomic E-state index is 11.7. The smallest absolute Gasteiger partial charge is 0.329 e. The van der Waals surface area contributed by atoms with Crippen LogP contribution >= 0.6 is 0 Å². The number of hydrogen-bond acceptors (Lipinski definition) is 3. The molecule has 18 heavy (non-hydrogen) atoms. The van der Waals surface area contributed by atoms with Crippen LogP contribution < -0.4 is 10.6 Å². The summed E-state index contributed by atoms with van der Waals surface area (Å²) in [5.41, 5.74) is -1.04. The highest BCUT2D eigenvalue weighted by molar-refractivity contribution is 5.88. The monoisotopic (exact) mass is 256 g/mol. The Kier molecular flexibility index (Phi) is 5.59. The van der Waals surface area contributed by atoms with Gasteiger partial charge in [-0.15, -0.1) is 0 Å². The zero-order valence-electron chi connectivity index (χ0n) is 11.3. The number of hydrogen-bond donors (Lipinski definition) is 3. The Morgan fingerprint density at radius 3 is 2.33 bits per heavy atom. The maximum Gasteiger partial charge on any atom is 0.329 e. The molecule has 104 valence electrons. The van der Waals surface area contributed by atoms with Gasteiger partial charge in [-0.1, -0.05) is 20.3 Å². The van der Waals surface area contributed by atoms with Crippen LogP contribution in [0, 0.1) is 5.92 Å². The number of likely N-dealkylation sites (N-methyl/N-ethyl adjacent to an activating group) is 1. The topological polar surface area (TPSA) is 78.4 Å². The Morgan fingerprint density at radius 1 is 1.28 bits per heavy atom. The third-order valence-electron chi connectivity index (χ3n) is 3.86. The van der Waals surface area contributed by atoms with E-state index in [4.69, 9.17) is 0 Å². The molecule has 5 heteroatoms. The Labute approximate surface area is 108 Å².